The number of β-amino-alcohol motifs (C(OH)–C–C–N with tert-alkyl or cyclic N) is 1. The van der Waals surface area contributed by atoms with Crippen LogP contribution in [0.4, 0.5) is 11.8 Å². The first-order valence-corrected chi connectivity index (χ1v) is 9.50. The first kappa shape index (κ1) is 18.1. The van der Waals surface area contributed by atoms with Gasteiger partial charge in [-0.15, -0.1) is 10.2 Å². The highest BCUT2D eigenvalue weighted by Crippen LogP contribution is 2.29. The van der Waals surface area contributed by atoms with Gasteiger partial charge in [0.05, 0.1) is 24.9 Å². The van der Waals surface area contributed by atoms with Crippen LogP contribution in [-0.4, -0.2) is 69.3 Å². The lowest BCUT2D eigenvalue weighted by atomic mass is 10.0. The molecule has 1 atom stereocenters. The summed E-state index contributed by atoms with van der Waals surface area (Å²) >= 11 is 0. The predicted molar refractivity (Wildman–Crippen MR) is 101 cm³/mol. The van der Waals surface area contributed by atoms with Crippen molar-refractivity contribution in [2.45, 2.75) is 44.9 Å². The van der Waals surface area contributed by atoms with Gasteiger partial charge in [0.25, 0.3) is 0 Å². The number of hydrogen-bond donors (Lipinski definition) is 1. The minimum atomic E-state index is -0.294. The lowest BCUT2D eigenvalue weighted by molar-refractivity contribution is 0.140. The van der Waals surface area contributed by atoms with Gasteiger partial charge in [-0.3, -0.25) is 0 Å². The topological polar surface area (TPSA) is 92.4 Å². The van der Waals surface area contributed by atoms with Crippen LogP contribution in [0, 0.1) is 0 Å². The summed E-state index contributed by atoms with van der Waals surface area (Å²) in [6.45, 7) is 7.47. The highest BCUT2D eigenvalue weighted by atomic mass is 16.5. The summed E-state index contributed by atoms with van der Waals surface area (Å²) in [5.74, 6) is 2.72. The van der Waals surface area contributed by atoms with Gasteiger partial charge in [-0.1, -0.05) is 0 Å². The molecule has 0 radical (unpaired) electrons. The van der Waals surface area contributed by atoms with Crippen molar-refractivity contribution in [2.75, 3.05) is 43.2 Å². The molecule has 0 aromatic carbocycles. The Hall–Kier alpha value is -2.26. The molecule has 1 N–H and O–H groups in total. The summed E-state index contributed by atoms with van der Waals surface area (Å²) in [5, 5.41) is 18.0. The number of hydrogen-bond acceptors (Lipinski definition) is 8. The van der Waals surface area contributed by atoms with Crippen LogP contribution >= 0.6 is 0 Å². The maximum atomic E-state index is 9.65. The Balaban J connectivity index is 1.60. The minimum Gasteiger partial charge on any atom is -0.389 e. The third-order valence-corrected chi connectivity index (χ3v) is 5.19. The molecule has 1 unspecified atom stereocenters. The molecule has 2 aromatic heterocycles. The fourth-order valence-corrected chi connectivity index (χ4v) is 3.48. The second kappa shape index (κ2) is 7.40. The van der Waals surface area contributed by atoms with E-state index in [0.29, 0.717) is 44.1 Å². The van der Waals surface area contributed by atoms with Crippen molar-refractivity contribution in [1.82, 2.24) is 24.7 Å². The number of nitrogens with zero attached hydrogens (tertiary/aromatic N) is 7. The first-order valence-electron chi connectivity index (χ1n) is 9.50. The SMILES string of the molecule is CC(C)n1cnnc1CN(C)c1cc(C2CCOC2)nc(N2CC(O)C2)n1. The van der Waals surface area contributed by atoms with Crippen molar-refractivity contribution in [1.29, 1.82) is 0 Å². The van der Waals surface area contributed by atoms with E-state index < -0.39 is 0 Å². The van der Waals surface area contributed by atoms with Crippen molar-refractivity contribution in [3.8, 4) is 0 Å². The summed E-state index contributed by atoms with van der Waals surface area (Å²) in [6.07, 6.45) is 2.45. The molecule has 9 nitrogen and oxygen atoms in total. The van der Waals surface area contributed by atoms with E-state index in [2.05, 4.69) is 39.6 Å². The maximum Gasteiger partial charge on any atom is 0.227 e. The molecule has 0 bridgehead atoms. The molecular formula is C18H27N7O2. The van der Waals surface area contributed by atoms with E-state index in [1.54, 1.807) is 6.33 Å². The summed E-state index contributed by atoms with van der Waals surface area (Å²) in [7, 11) is 2.01. The Morgan fingerprint density at radius 3 is 2.81 bits per heavy atom. The Labute approximate surface area is 159 Å². The van der Waals surface area contributed by atoms with E-state index in [4.69, 9.17) is 14.7 Å². The Morgan fingerprint density at radius 1 is 1.33 bits per heavy atom. The number of rotatable bonds is 6. The van der Waals surface area contributed by atoms with Crippen LogP contribution in [0.2, 0.25) is 0 Å². The van der Waals surface area contributed by atoms with Gasteiger partial charge in [0.1, 0.15) is 12.1 Å². The number of aliphatic hydroxyl groups is 1. The van der Waals surface area contributed by atoms with Crippen molar-refractivity contribution < 1.29 is 9.84 Å². The molecule has 0 saturated carbocycles. The normalized spacial score (nSPS) is 20.3. The van der Waals surface area contributed by atoms with Crippen LogP contribution in [0.25, 0.3) is 0 Å². The van der Waals surface area contributed by atoms with Gasteiger partial charge in [0.2, 0.25) is 5.95 Å². The zero-order chi connectivity index (χ0) is 19.0. The smallest absolute Gasteiger partial charge is 0.227 e. The lowest BCUT2D eigenvalue weighted by Crippen LogP contribution is -2.51. The van der Waals surface area contributed by atoms with Gasteiger partial charge < -0.3 is 24.2 Å². The number of aliphatic hydroxyl groups excluding tert-OH is 1. The van der Waals surface area contributed by atoms with E-state index in [0.717, 1.165) is 30.4 Å². The summed E-state index contributed by atoms with van der Waals surface area (Å²) in [5.41, 5.74) is 1.01. The van der Waals surface area contributed by atoms with Gasteiger partial charge in [-0.25, -0.2) is 4.98 Å². The molecule has 4 heterocycles. The molecule has 146 valence electrons. The largest absolute Gasteiger partial charge is 0.389 e. The summed E-state index contributed by atoms with van der Waals surface area (Å²) < 4.78 is 7.61. The van der Waals surface area contributed by atoms with Crippen LogP contribution in [-0.2, 0) is 11.3 Å². The monoisotopic (exact) mass is 373 g/mol. The van der Waals surface area contributed by atoms with Crippen LogP contribution in [0.15, 0.2) is 12.4 Å². The third kappa shape index (κ3) is 3.74. The second-order valence-corrected chi connectivity index (χ2v) is 7.67. The van der Waals surface area contributed by atoms with Crippen molar-refractivity contribution in [3.63, 3.8) is 0 Å². The van der Waals surface area contributed by atoms with Crippen molar-refractivity contribution in [3.05, 3.63) is 23.9 Å². The molecule has 2 saturated heterocycles. The maximum absolute atomic E-state index is 9.65. The van der Waals surface area contributed by atoms with E-state index in [1.165, 1.54) is 0 Å². The molecule has 0 amide bonds. The second-order valence-electron chi connectivity index (χ2n) is 7.67. The highest BCUT2D eigenvalue weighted by molar-refractivity contribution is 5.48. The number of aromatic nitrogens is 5. The fraction of sp³-hybridized carbons (Fsp3) is 0.667. The van der Waals surface area contributed by atoms with Gasteiger partial charge in [-0.2, -0.15) is 4.98 Å². The molecule has 0 spiro atoms. The van der Waals surface area contributed by atoms with Gasteiger partial charge >= 0.3 is 0 Å². The van der Waals surface area contributed by atoms with Crippen LogP contribution in [0.5, 0.6) is 0 Å². The Kier molecular flexibility index (Phi) is 4.96. The van der Waals surface area contributed by atoms with E-state index >= 15 is 0 Å². The van der Waals surface area contributed by atoms with Crippen LogP contribution in [0.1, 0.15) is 43.7 Å². The number of ether oxygens (including phenoxy) is 1. The zero-order valence-electron chi connectivity index (χ0n) is 16.1. The molecular weight excluding hydrogens is 346 g/mol. The van der Waals surface area contributed by atoms with E-state index in [1.807, 2.05) is 11.9 Å². The summed E-state index contributed by atoms with van der Waals surface area (Å²) in [4.78, 5) is 13.6. The third-order valence-electron chi connectivity index (χ3n) is 5.19. The van der Waals surface area contributed by atoms with Gasteiger partial charge in [0, 0.05) is 44.8 Å². The van der Waals surface area contributed by atoms with E-state index in [-0.39, 0.29) is 6.10 Å². The van der Waals surface area contributed by atoms with Crippen molar-refractivity contribution in [2.24, 2.45) is 0 Å². The van der Waals surface area contributed by atoms with Gasteiger partial charge in [0.15, 0.2) is 5.82 Å². The standard InChI is InChI=1S/C18H27N7O2/c1-12(2)25-11-19-22-17(25)9-23(3)16-6-15(13-4-5-27-10-13)20-18(21-16)24-7-14(26)8-24/h6,11-14,26H,4-5,7-10H2,1-3H3. The van der Waals surface area contributed by atoms with Crippen molar-refractivity contribution >= 4 is 11.8 Å². The molecule has 2 aliphatic heterocycles. The first-order chi connectivity index (χ1) is 13.0. The molecule has 27 heavy (non-hydrogen) atoms. The molecule has 2 aliphatic rings. The predicted octanol–water partition coefficient (Wildman–Crippen LogP) is 0.970. The average Bonchev–Trinajstić information content (AvgIpc) is 3.30. The quantitative estimate of drug-likeness (QED) is 0.801. The lowest BCUT2D eigenvalue weighted by Gasteiger charge is -2.36. The fourth-order valence-electron chi connectivity index (χ4n) is 3.48. The highest BCUT2D eigenvalue weighted by Gasteiger charge is 2.29. The molecule has 4 rings (SSSR count). The van der Waals surface area contributed by atoms with E-state index in [9.17, 15) is 5.11 Å². The minimum absolute atomic E-state index is 0.294. The zero-order valence-corrected chi connectivity index (χ0v) is 16.1. The summed E-state index contributed by atoms with van der Waals surface area (Å²) in [6, 6.07) is 2.35. The molecule has 0 aliphatic carbocycles. The average molecular weight is 373 g/mol. The molecule has 9 heteroatoms. The van der Waals surface area contributed by atoms with Gasteiger partial charge in [-0.05, 0) is 20.3 Å². The number of anilines is 2. The Bertz CT molecular complexity index is 782. The molecule has 2 fully saturated rings. The van der Waals surface area contributed by atoms with Crippen LogP contribution in [0.3, 0.4) is 0 Å². The van der Waals surface area contributed by atoms with Crippen LogP contribution < -0.4 is 9.80 Å². The molecule has 2 aromatic rings. The Morgan fingerprint density at radius 2 is 2.15 bits per heavy atom.